The van der Waals surface area contributed by atoms with Crippen LogP contribution in [-0.2, 0) is 25.6 Å². The van der Waals surface area contributed by atoms with E-state index in [0.29, 0.717) is 23.2 Å². The number of aliphatic carboxylic acids is 1. The van der Waals surface area contributed by atoms with Crippen LogP contribution in [0.3, 0.4) is 0 Å². The number of carboxylic acid groups (broad SMARTS) is 1. The average Bonchev–Trinajstić information content (AvgIpc) is 2.74. The number of rotatable bonds is 16. The predicted octanol–water partition coefficient (Wildman–Crippen LogP) is 0.722. The summed E-state index contributed by atoms with van der Waals surface area (Å²) in [5.74, 6) is -1.06. The number of hydrogen-bond acceptors (Lipinski definition) is 6. The molecular weight excluding hydrogens is 452 g/mol. The van der Waals surface area contributed by atoms with Gasteiger partial charge in [-0.15, -0.1) is 0 Å². The Labute approximate surface area is 207 Å². The fourth-order valence-corrected chi connectivity index (χ4v) is 3.51. The van der Waals surface area contributed by atoms with Crippen LogP contribution in [0.4, 0.5) is 0 Å². The van der Waals surface area contributed by atoms with Crippen molar-refractivity contribution in [2.45, 2.75) is 51.6 Å². The van der Waals surface area contributed by atoms with Gasteiger partial charge in [-0.25, -0.2) is 0 Å². The zero-order valence-electron chi connectivity index (χ0n) is 21.5. The number of nitrogens with two attached hydrogens (primary N) is 1. The van der Waals surface area contributed by atoms with E-state index >= 15 is 0 Å². The summed E-state index contributed by atoms with van der Waals surface area (Å²) >= 11 is 0. The molecule has 35 heavy (non-hydrogen) atoms. The first-order valence-electron chi connectivity index (χ1n) is 11.9. The third-order valence-electron chi connectivity index (χ3n) is 5.14. The Kier molecular flexibility index (Phi) is 12.4. The summed E-state index contributed by atoms with van der Waals surface area (Å²) in [6.45, 7) is 4.66. The van der Waals surface area contributed by atoms with Crippen molar-refractivity contribution in [1.29, 1.82) is 0 Å². The molecule has 0 saturated carbocycles. The number of benzene rings is 1. The molecule has 5 N–H and O–H groups in total. The van der Waals surface area contributed by atoms with Crippen LogP contribution in [-0.4, -0.2) is 86.1 Å². The molecule has 1 aromatic carbocycles. The van der Waals surface area contributed by atoms with Crippen LogP contribution in [0.15, 0.2) is 24.3 Å². The average molecular weight is 494 g/mol. The Balaban J connectivity index is 2.32. The molecule has 0 aromatic heterocycles. The molecule has 0 heterocycles. The van der Waals surface area contributed by atoms with Crippen molar-refractivity contribution >= 4 is 23.6 Å². The van der Waals surface area contributed by atoms with Gasteiger partial charge >= 0.3 is 5.97 Å². The largest absolute Gasteiger partial charge is 0.492 e. The van der Waals surface area contributed by atoms with Crippen LogP contribution in [0.1, 0.15) is 38.7 Å². The topological polar surface area (TPSA) is 148 Å². The summed E-state index contributed by atoms with van der Waals surface area (Å²) in [4.78, 5) is 47.2. The normalized spacial score (nSPS) is 13.1. The zero-order valence-corrected chi connectivity index (χ0v) is 21.5. The number of hydrogen-bond donors (Lipinski definition) is 4. The summed E-state index contributed by atoms with van der Waals surface area (Å²) in [7, 11) is 5.74. The van der Waals surface area contributed by atoms with Crippen LogP contribution >= 0.6 is 0 Å². The monoisotopic (exact) mass is 493 g/mol. The molecule has 10 nitrogen and oxygen atoms in total. The van der Waals surface area contributed by atoms with Gasteiger partial charge < -0.3 is 30.7 Å². The van der Waals surface area contributed by atoms with Crippen molar-refractivity contribution in [3.8, 4) is 5.75 Å². The molecule has 0 fully saturated rings. The molecule has 0 aliphatic rings. The summed E-state index contributed by atoms with van der Waals surface area (Å²) in [5, 5.41) is 14.5. The van der Waals surface area contributed by atoms with Gasteiger partial charge in [0.25, 0.3) is 0 Å². The minimum atomic E-state index is -0.985. The first-order valence-corrected chi connectivity index (χ1v) is 11.9. The number of nitrogens with one attached hydrogen (secondary N) is 2. The molecule has 2 atom stereocenters. The summed E-state index contributed by atoms with van der Waals surface area (Å²) in [6, 6.07) is 6.26. The number of carboxylic acids is 1. The molecule has 0 aliphatic heterocycles. The molecule has 196 valence electrons. The molecule has 0 saturated heterocycles. The number of ketones is 1. The standard InChI is InChI=1S/C25H40N4O6/c1-17(2)25(34)21(26)14-18-6-8-20(9-7-18)35-13-12-27-22(30)10-11-23(31)28-19(15-24(32)33)16-29(3,4)5/h6-9,17,19,21H,10-16,26H2,1-5H3,(H2-,27,28,30,31,32,33)/p+1. The Morgan fingerprint density at radius 3 is 2.17 bits per heavy atom. The highest BCUT2D eigenvalue weighted by Gasteiger charge is 2.23. The van der Waals surface area contributed by atoms with E-state index in [9.17, 15) is 19.2 Å². The van der Waals surface area contributed by atoms with Crippen molar-refractivity contribution in [3.05, 3.63) is 29.8 Å². The second-order valence-corrected chi connectivity index (χ2v) is 10.0. The number of nitrogens with zero attached hydrogens (tertiary/aromatic N) is 1. The molecule has 1 rings (SSSR count). The summed E-state index contributed by atoms with van der Waals surface area (Å²) in [6.07, 6.45) is 0.269. The highest BCUT2D eigenvalue weighted by atomic mass is 16.5. The third-order valence-corrected chi connectivity index (χ3v) is 5.14. The van der Waals surface area contributed by atoms with Crippen LogP contribution in [0, 0.1) is 5.92 Å². The summed E-state index contributed by atoms with van der Waals surface area (Å²) in [5.41, 5.74) is 6.90. The number of carbonyl (C=O) groups is 4. The fourth-order valence-electron chi connectivity index (χ4n) is 3.51. The second kappa shape index (κ2) is 14.4. The Morgan fingerprint density at radius 1 is 1.03 bits per heavy atom. The van der Waals surface area contributed by atoms with Gasteiger partial charge in [0, 0.05) is 18.8 Å². The lowest BCUT2D eigenvalue weighted by atomic mass is 9.96. The highest BCUT2D eigenvalue weighted by Crippen LogP contribution is 2.14. The maximum atomic E-state index is 12.2. The number of ether oxygens (including phenoxy) is 1. The molecule has 2 unspecified atom stereocenters. The second-order valence-electron chi connectivity index (χ2n) is 10.0. The molecule has 0 aliphatic carbocycles. The maximum Gasteiger partial charge on any atom is 0.305 e. The predicted molar refractivity (Wildman–Crippen MR) is 133 cm³/mol. The minimum absolute atomic E-state index is 0.0000491. The first-order chi connectivity index (χ1) is 16.3. The first kappa shape index (κ1) is 30.1. The van der Waals surface area contributed by atoms with Gasteiger partial charge in [-0.1, -0.05) is 26.0 Å². The van der Waals surface area contributed by atoms with Gasteiger partial charge in [0.1, 0.15) is 12.4 Å². The molecule has 0 spiro atoms. The van der Waals surface area contributed by atoms with Gasteiger partial charge in [-0.05, 0) is 24.1 Å². The summed E-state index contributed by atoms with van der Waals surface area (Å²) < 4.78 is 6.12. The van der Waals surface area contributed by atoms with E-state index in [0.717, 1.165) is 5.56 Å². The third kappa shape index (κ3) is 13.5. The van der Waals surface area contributed by atoms with E-state index in [1.807, 2.05) is 47.1 Å². The lowest BCUT2D eigenvalue weighted by Gasteiger charge is -2.29. The van der Waals surface area contributed by atoms with E-state index in [1.54, 1.807) is 12.1 Å². The van der Waals surface area contributed by atoms with Gasteiger partial charge in [-0.2, -0.15) is 0 Å². The quantitative estimate of drug-likeness (QED) is 0.196. The number of quaternary nitrogens is 1. The van der Waals surface area contributed by atoms with E-state index in [-0.39, 0.29) is 55.9 Å². The van der Waals surface area contributed by atoms with Gasteiger partial charge in [-0.3, -0.25) is 19.2 Å². The van der Waals surface area contributed by atoms with E-state index in [1.165, 1.54) is 0 Å². The SMILES string of the molecule is CC(C)C(=O)C(N)Cc1ccc(OCCNC(=O)CCC(=O)NC(CC(=O)O)C[N+](C)(C)C)cc1. The smallest absolute Gasteiger partial charge is 0.305 e. The number of Topliss-reactive ketones (excluding diaryl/α,β-unsaturated/α-hetero) is 1. The molecule has 2 amide bonds. The zero-order chi connectivity index (χ0) is 26.6. The van der Waals surface area contributed by atoms with E-state index < -0.39 is 18.1 Å². The van der Waals surface area contributed by atoms with Crippen LogP contribution in [0.25, 0.3) is 0 Å². The molecule has 10 heteroatoms. The van der Waals surface area contributed by atoms with Crippen LogP contribution in [0.5, 0.6) is 5.75 Å². The maximum absolute atomic E-state index is 12.2. The Hall–Kier alpha value is -2.98. The van der Waals surface area contributed by atoms with Gasteiger partial charge in [0.05, 0.1) is 52.7 Å². The van der Waals surface area contributed by atoms with Crippen molar-refractivity contribution in [3.63, 3.8) is 0 Å². The highest BCUT2D eigenvalue weighted by molar-refractivity contribution is 5.85. The van der Waals surface area contributed by atoms with Crippen LogP contribution in [0.2, 0.25) is 0 Å². The molecular formula is C25H41N4O6+. The molecule has 1 aromatic rings. The Morgan fingerprint density at radius 2 is 1.63 bits per heavy atom. The molecule has 0 radical (unpaired) electrons. The molecule has 0 bridgehead atoms. The van der Waals surface area contributed by atoms with E-state index in [2.05, 4.69) is 10.6 Å². The van der Waals surface area contributed by atoms with Crippen molar-refractivity contribution in [2.75, 3.05) is 40.8 Å². The lowest BCUT2D eigenvalue weighted by Crippen LogP contribution is -2.49. The Bertz CT molecular complexity index is 849. The van der Waals surface area contributed by atoms with Crippen molar-refractivity contribution in [2.24, 2.45) is 11.7 Å². The number of amides is 2. The van der Waals surface area contributed by atoms with Crippen molar-refractivity contribution < 1.29 is 33.5 Å². The minimum Gasteiger partial charge on any atom is -0.492 e. The van der Waals surface area contributed by atoms with Crippen LogP contribution < -0.4 is 21.1 Å². The fraction of sp³-hybridized carbons (Fsp3) is 0.600. The number of carbonyl (C=O) groups excluding carboxylic acids is 3. The van der Waals surface area contributed by atoms with E-state index in [4.69, 9.17) is 15.6 Å². The van der Waals surface area contributed by atoms with Gasteiger partial charge in [0.15, 0.2) is 5.78 Å². The van der Waals surface area contributed by atoms with Gasteiger partial charge in [0.2, 0.25) is 11.8 Å². The van der Waals surface area contributed by atoms with Crippen molar-refractivity contribution in [1.82, 2.24) is 10.6 Å². The lowest BCUT2D eigenvalue weighted by molar-refractivity contribution is -0.871. The number of likely N-dealkylation sites (N-methyl/N-ethyl adjacent to an activating group) is 1.